The molecule has 1 saturated carbocycles. The summed E-state index contributed by atoms with van der Waals surface area (Å²) in [4.78, 5) is 0. The topological polar surface area (TPSA) is 23.8 Å². The van der Waals surface area contributed by atoms with Gasteiger partial charge in [0.2, 0.25) is 0 Å². The summed E-state index contributed by atoms with van der Waals surface area (Å²) in [5.41, 5.74) is 0.426. The zero-order chi connectivity index (χ0) is 18.8. The van der Waals surface area contributed by atoms with Crippen molar-refractivity contribution in [3.8, 4) is 6.07 Å². The maximum absolute atomic E-state index is 12.6. The van der Waals surface area contributed by atoms with Crippen molar-refractivity contribution in [1.82, 2.24) is 0 Å². The molecule has 0 atom stereocenters. The maximum Gasteiger partial charge on any atom is 0.416 e. The predicted octanol–water partition coefficient (Wildman–Crippen LogP) is 6.86. The van der Waals surface area contributed by atoms with E-state index in [1.807, 2.05) is 12.1 Å². The molecule has 0 aromatic heterocycles. The van der Waals surface area contributed by atoms with E-state index in [9.17, 15) is 13.2 Å². The zero-order valence-corrected chi connectivity index (χ0v) is 15.0. The van der Waals surface area contributed by atoms with Gasteiger partial charge in [-0.1, -0.05) is 56.0 Å². The third kappa shape index (κ3) is 7.07. The van der Waals surface area contributed by atoms with Crippen LogP contribution in [0.3, 0.4) is 0 Å². The largest absolute Gasteiger partial charge is 0.416 e. The summed E-state index contributed by atoms with van der Waals surface area (Å²) in [6, 6.07) is 7.56. The van der Waals surface area contributed by atoms with Crippen LogP contribution in [0.5, 0.6) is 0 Å². The highest BCUT2D eigenvalue weighted by Gasteiger charge is 2.30. The summed E-state index contributed by atoms with van der Waals surface area (Å²) in [6.45, 7) is 0. The van der Waals surface area contributed by atoms with E-state index in [4.69, 9.17) is 5.26 Å². The Balaban J connectivity index is 1.65. The monoisotopic (exact) mass is 361 g/mol. The fourth-order valence-electron chi connectivity index (χ4n) is 3.65. The molecule has 0 radical (unpaired) electrons. The number of nitriles is 1. The van der Waals surface area contributed by atoms with Gasteiger partial charge in [-0.25, -0.2) is 0 Å². The number of benzene rings is 1. The first-order valence-corrected chi connectivity index (χ1v) is 9.36. The average molecular weight is 361 g/mol. The van der Waals surface area contributed by atoms with Crippen LogP contribution < -0.4 is 0 Å². The highest BCUT2D eigenvalue weighted by molar-refractivity contribution is 5.24. The van der Waals surface area contributed by atoms with Crippen LogP contribution in [0.4, 0.5) is 13.2 Å². The van der Waals surface area contributed by atoms with Crippen molar-refractivity contribution in [1.29, 1.82) is 5.26 Å². The van der Waals surface area contributed by atoms with Crippen molar-refractivity contribution in [3.63, 3.8) is 0 Å². The number of allylic oxidation sites excluding steroid dienone is 4. The molecule has 0 bridgehead atoms. The SMILES string of the molecule is N#CC=CC=CCCC1CCC(CCc2ccc(C(F)(F)F)cc2)CC1. The molecule has 0 amide bonds. The summed E-state index contributed by atoms with van der Waals surface area (Å²) in [5, 5.41) is 8.40. The van der Waals surface area contributed by atoms with Crippen LogP contribution in [0.15, 0.2) is 48.6 Å². The summed E-state index contributed by atoms with van der Waals surface area (Å²) in [7, 11) is 0. The minimum Gasteiger partial charge on any atom is -0.193 e. The molecule has 0 unspecified atom stereocenters. The van der Waals surface area contributed by atoms with Gasteiger partial charge in [0.25, 0.3) is 0 Å². The predicted molar refractivity (Wildman–Crippen MR) is 98.3 cm³/mol. The molecule has 2 rings (SSSR count). The normalized spacial score (nSPS) is 21.3. The lowest BCUT2D eigenvalue weighted by Gasteiger charge is -2.28. The van der Waals surface area contributed by atoms with Gasteiger partial charge in [0.15, 0.2) is 0 Å². The highest BCUT2D eigenvalue weighted by Crippen LogP contribution is 2.34. The molecule has 26 heavy (non-hydrogen) atoms. The molecular weight excluding hydrogens is 335 g/mol. The van der Waals surface area contributed by atoms with Crippen molar-refractivity contribution >= 4 is 0 Å². The molecule has 1 aliphatic carbocycles. The molecule has 0 aliphatic heterocycles. The van der Waals surface area contributed by atoms with E-state index in [-0.39, 0.29) is 0 Å². The minimum absolute atomic E-state index is 0.570. The Kier molecular flexibility index (Phi) is 7.97. The van der Waals surface area contributed by atoms with Gasteiger partial charge in [-0.15, -0.1) is 0 Å². The van der Waals surface area contributed by atoms with Crippen LogP contribution in [0.25, 0.3) is 0 Å². The number of alkyl halides is 3. The van der Waals surface area contributed by atoms with Gasteiger partial charge in [0, 0.05) is 6.08 Å². The molecule has 0 N–H and O–H groups in total. The molecule has 0 heterocycles. The first-order chi connectivity index (χ1) is 12.5. The Morgan fingerprint density at radius 3 is 2.15 bits per heavy atom. The van der Waals surface area contributed by atoms with E-state index in [2.05, 4.69) is 6.08 Å². The lowest BCUT2D eigenvalue weighted by atomic mass is 9.78. The maximum atomic E-state index is 12.6. The molecule has 1 aromatic rings. The first kappa shape index (κ1) is 20.3. The van der Waals surface area contributed by atoms with E-state index in [1.165, 1.54) is 50.3 Å². The Bertz CT molecular complexity index is 627. The van der Waals surface area contributed by atoms with Gasteiger partial charge in [-0.05, 0) is 55.2 Å². The number of nitrogens with zero attached hydrogens (tertiary/aromatic N) is 1. The summed E-state index contributed by atoms with van der Waals surface area (Å²) >= 11 is 0. The van der Waals surface area contributed by atoms with Crippen LogP contribution in [-0.2, 0) is 12.6 Å². The molecule has 1 nitrogen and oxygen atoms in total. The second kappa shape index (κ2) is 10.2. The Morgan fingerprint density at radius 1 is 0.962 bits per heavy atom. The van der Waals surface area contributed by atoms with E-state index in [0.29, 0.717) is 5.92 Å². The molecule has 140 valence electrons. The third-order valence-corrected chi connectivity index (χ3v) is 5.25. The smallest absolute Gasteiger partial charge is 0.193 e. The Labute approximate surface area is 154 Å². The summed E-state index contributed by atoms with van der Waals surface area (Å²) in [5.74, 6) is 1.48. The van der Waals surface area contributed by atoms with E-state index < -0.39 is 11.7 Å². The zero-order valence-electron chi connectivity index (χ0n) is 15.0. The minimum atomic E-state index is -4.25. The number of aryl methyl sites for hydroxylation is 1. The van der Waals surface area contributed by atoms with Crippen molar-refractivity contribution < 1.29 is 13.2 Å². The average Bonchev–Trinajstić information content (AvgIpc) is 2.63. The molecule has 1 aromatic carbocycles. The van der Waals surface area contributed by atoms with Crippen LogP contribution in [0.2, 0.25) is 0 Å². The van der Waals surface area contributed by atoms with E-state index in [1.54, 1.807) is 18.2 Å². The number of hydrogen-bond donors (Lipinski definition) is 0. The van der Waals surface area contributed by atoms with Crippen LogP contribution in [0.1, 0.15) is 56.1 Å². The van der Waals surface area contributed by atoms with Gasteiger partial charge in [-0.2, -0.15) is 18.4 Å². The molecule has 1 fully saturated rings. The first-order valence-electron chi connectivity index (χ1n) is 9.36. The fraction of sp³-hybridized carbons (Fsp3) is 0.500. The van der Waals surface area contributed by atoms with Crippen molar-refractivity contribution in [3.05, 3.63) is 59.7 Å². The Morgan fingerprint density at radius 2 is 1.58 bits per heavy atom. The van der Waals surface area contributed by atoms with Gasteiger partial charge < -0.3 is 0 Å². The standard InChI is InChI=1S/C22H26F3N/c23-22(24,25)21-15-13-20(14-16-21)12-11-19-9-7-18(8-10-19)6-4-2-1-3-5-17-26/h1-3,5,13-16,18-19H,4,6-12H2. The summed E-state index contributed by atoms with van der Waals surface area (Å²) < 4.78 is 37.7. The van der Waals surface area contributed by atoms with Crippen molar-refractivity contribution in [2.45, 2.75) is 57.5 Å². The molecule has 1 aliphatic rings. The van der Waals surface area contributed by atoms with Crippen molar-refractivity contribution in [2.75, 3.05) is 0 Å². The number of hydrogen-bond acceptors (Lipinski definition) is 1. The fourth-order valence-corrected chi connectivity index (χ4v) is 3.65. The molecule has 0 saturated heterocycles. The van der Waals surface area contributed by atoms with Gasteiger partial charge in [-0.3, -0.25) is 0 Å². The summed E-state index contributed by atoms with van der Waals surface area (Å²) in [6.07, 6.45) is 12.2. The molecule has 0 spiro atoms. The molecular formula is C22H26F3N. The second-order valence-electron chi connectivity index (χ2n) is 7.11. The second-order valence-corrected chi connectivity index (χ2v) is 7.11. The lowest BCUT2D eigenvalue weighted by molar-refractivity contribution is -0.137. The Hall–Kier alpha value is -2.02. The number of halogens is 3. The number of rotatable bonds is 7. The van der Waals surface area contributed by atoms with Crippen LogP contribution in [-0.4, -0.2) is 0 Å². The third-order valence-electron chi connectivity index (χ3n) is 5.25. The van der Waals surface area contributed by atoms with Gasteiger partial charge in [0.05, 0.1) is 11.6 Å². The van der Waals surface area contributed by atoms with Crippen molar-refractivity contribution in [2.24, 2.45) is 11.8 Å². The molecule has 4 heteroatoms. The van der Waals surface area contributed by atoms with E-state index >= 15 is 0 Å². The van der Waals surface area contributed by atoms with E-state index in [0.717, 1.165) is 30.7 Å². The van der Waals surface area contributed by atoms with Gasteiger partial charge in [0.1, 0.15) is 0 Å². The van der Waals surface area contributed by atoms with Crippen LogP contribution in [0, 0.1) is 23.2 Å². The quantitative estimate of drug-likeness (QED) is 0.384. The van der Waals surface area contributed by atoms with Crippen LogP contribution >= 0.6 is 0 Å². The van der Waals surface area contributed by atoms with Gasteiger partial charge >= 0.3 is 6.18 Å². The lowest BCUT2D eigenvalue weighted by Crippen LogP contribution is -2.15. The highest BCUT2D eigenvalue weighted by atomic mass is 19.4.